The number of nitrogens with zero attached hydrogens (tertiary/aromatic N) is 5. The van der Waals surface area contributed by atoms with Gasteiger partial charge in [0.1, 0.15) is 5.82 Å². The molecule has 8 nitrogen and oxygen atoms in total. The Bertz CT molecular complexity index is 1600. The van der Waals surface area contributed by atoms with Gasteiger partial charge in [-0.1, -0.05) is 60.7 Å². The van der Waals surface area contributed by atoms with Crippen LogP contribution in [0.5, 0.6) is 0 Å². The lowest BCUT2D eigenvalue weighted by atomic mass is 9.93. The molecule has 1 saturated heterocycles. The summed E-state index contributed by atoms with van der Waals surface area (Å²) in [5.41, 5.74) is 2.45. The first-order valence-electron chi connectivity index (χ1n) is 13.6. The fourth-order valence-electron chi connectivity index (χ4n) is 5.05. The largest absolute Gasteiger partial charge is 0.416 e. The number of ether oxygens (including phenoxy) is 1. The molecule has 1 aliphatic heterocycles. The van der Waals surface area contributed by atoms with E-state index in [0.29, 0.717) is 48.2 Å². The van der Waals surface area contributed by atoms with Crippen molar-refractivity contribution in [2.24, 2.45) is 7.05 Å². The highest BCUT2D eigenvalue weighted by atomic mass is 19.4. The molecule has 5 aromatic rings. The predicted octanol–water partition coefficient (Wildman–Crippen LogP) is 6.01. The van der Waals surface area contributed by atoms with Gasteiger partial charge < -0.3 is 15.4 Å². The first kappa shape index (κ1) is 27.7. The van der Waals surface area contributed by atoms with E-state index in [-0.39, 0.29) is 5.54 Å². The number of benzene rings is 3. The fraction of sp³-hybridized carbons (Fsp3) is 0.258. The van der Waals surface area contributed by atoms with Crippen molar-refractivity contribution in [3.05, 3.63) is 108 Å². The number of anilines is 3. The predicted molar refractivity (Wildman–Crippen MR) is 155 cm³/mol. The molecule has 0 spiro atoms. The lowest BCUT2D eigenvalue weighted by molar-refractivity contribution is -0.140. The lowest BCUT2D eigenvalue weighted by Crippen LogP contribution is -2.65. The van der Waals surface area contributed by atoms with Crippen molar-refractivity contribution in [3.63, 3.8) is 0 Å². The van der Waals surface area contributed by atoms with Crippen molar-refractivity contribution >= 4 is 28.5 Å². The van der Waals surface area contributed by atoms with Crippen molar-refractivity contribution in [3.8, 4) is 0 Å². The van der Waals surface area contributed by atoms with Crippen LogP contribution in [0.25, 0.3) is 11.0 Å². The summed E-state index contributed by atoms with van der Waals surface area (Å²) in [6.07, 6.45) is -2.77. The Labute approximate surface area is 241 Å². The van der Waals surface area contributed by atoms with Crippen LogP contribution in [0.1, 0.15) is 16.7 Å². The number of aryl methyl sites for hydroxylation is 1. The molecule has 1 fully saturated rings. The van der Waals surface area contributed by atoms with Crippen molar-refractivity contribution in [1.82, 2.24) is 24.6 Å². The summed E-state index contributed by atoms with van der Waals surface area (Å²) in [5.74, 6) is 0.825. The van der Waals surface area contributed by atoms with Crippen molar-refractivity contribution in [1.29, 1.82) is 0 Å². The zero-order valence-corrected chi connectivity index (χ0v) is 23.0. The Kier molecular flexibility index (Phi) is 7.53. The number of alkyl halides is 3. The van der Waals surface area contributed by atoms with Crippen LogP contribution in [0.3, 0.4) is 0 Å². The third kappa shape index (κ3) is 5.93. The van der Waals surface area contributed by atoms with Gasteiger partial charge in [0.25, 0.3) is 0 Å². The molecule has 0 radical (unpaired) electrons. The maximum absolute atomic E-state index is 13.1. The van der Waals surface area contributed by atoms with E-state index >= 15 is 0 Å². The smallest absolute Gasteiger partial charge is 0.377 e. The van der Waals surface area contributed by atoms with E-state index in [0.717, 1.165) is 25.2 Å². The minimum Gasteiger partial charge on any atom is -0.377 e. The second-order valence-corrected chi connectivity index (χ2v) is 10.5. The third-order valence-corrected chi connectivity index (χ3v) is 7.49. The molecule has 11 heteroatoms. The van der Waals surface area contributed by atoms with Crippen LogP contribution in [0.2, 0.25) is 0 Å². The van der Waals surface area contributed by atoms with E-state index in [9.17, 15) is 13.2 Å². The molecule has 1 aliphatic rings. The molecule has 3 heterocycles. The van der Waals surface area contributed by atoms with Gasteiger partial charge in [0.2, 0.25) is 5.95 Å². The van der Waals surface area contributed by atoms with E-state index in [1.807, 2.05) is 36.4 Å². The van der Waals surface area contributed by atoms with Gasteiger partial charge in [-0.25, -0.2) is 0 Å². The third-order valence-electron chi connectivity index (χ3n) is 7.49. The number of hydrogen-bond donors (Lipinski definition) is 2. The van der Waals surface area contributed by atoms with Crippen LogP contribution in [0.15, 0.2) is 91.1 Å². The summed E-state index contributed by atoms with van der Waals surface area (Å²) < 4.78 is 46.6. The molecule has 2 N–H and O–H groups in total. The molecule has 0 bridgehead atoms. The molecule has 6 rings (SSSR count). The van der Waals surface area contributed by atoms with Gasteiger partial charge in [-0.2, -0.15) is 28.2 Å². The van der Waals surface area contributed by atoms with E-state index in [2.05, 4.69) is 44.9 Å². The van der Waals surface area contributed by atoms with Gasteiger partial charge >= 0.3 is 6.18 Å². The topological polar surface area (TPSA) is 80.1 Å². The minimum absolute atomic E-state index is 0.308. The molecule has 0 saturated carbocycles. The second kappa shape index (κ2) is 11.4. The van der Waals surface area contributed by atoms with Crippen LogP contribution in [-0.4, -0.2) is 49.9 Å². The van der Waals surface area contributed by atoms with Gasteiger partial charge in [-0.3, -0.25) is 9.58 Å². The van der Waals surface area contributed by atoms with Gasteiger partial charge in [0.15, 0.2) is 5.65 Å². The molecule has 2 aromatic heterocycles. The van der Waals surface area contributed by atoms with Crippen LogP contribution >= 0.6 is 0 Å². The summed E-state index contributed by atoms with van der Waals surface area (Å²) in [6.45, 7) is 3.09. The molecule has 0 amide bonds. The summed E-state index contributed by atoms with van der Waals surface area (Å²) in [6, 6.07) is 25.5. The van der Waals surface area contributed by atoms with Crippen LogP contribution < -0.4 is 10.6 Å². The van der Waals surface area contributed by atoms with Gasteiger partial charge in [0.05, 0.1) is 35.9 Å². The fourth-order valence-corrected chi connectivity index (χ4v) is 5.05. The Morgan fingerprint density at radius 3 is 2.05 bits per heavy atom. The Morgan fingerprint density at radius 2 is 1.50 bits per heavy atom. The zero-order valence-electron chi connectivity index (χ0n) is 23.0. The summed E-state index contributed by atoms with van der Waals surface area (Å²) >= 11 is 0. The molecule has 42 heavy (non-hydrogen) atoms. The minimum atomic E-state index is -4.41. The molecular weight excluding hydrogens is 543 g/mol. The normalized spacial score (nSPS) is 14.6. The van der Waals surface area contributed by atoms with Crippen molar-refractivity contribution in [2.75, 3.05) is 30.4 Å². The molecule has 216 valence electrons. The lowest BCUT2D eigenvalue weighted by Gasteiger charge is -2.50. The number of nitrogens with one attached hydrogen (secondary N) is 2. The Morgan fingerprint density at radius 1 is 0.881 bits per heavy atom. The highest BCUT2D eigenvalue weighted by Gasteiger charge is 2.44. The number of hydrogen-bond acceptors (Lipinski definition) is 7. The summed E-state index contributed by atoms with van der Waals surface area (Å²) in [4.78, 5) is 11.8. The van der Waals surface area contributed by atoms with E-state index in [1.54, 1.807) is 17.9 Å². The van der Waals surface area contributed by atoms with E-state index in [4.69, 9.17) is 14.7 Å². The number of fused-ring (bicyclic) bond motifs is 1. The monoisotopic (exact) mass is 573 g/mol. The van der Waals surface area contributed by atoms with Crippen molar-refractivity contribution in [2.45, 2.75) is 24.8 Å². The second-order valence-electron chi connectivity index (χ2n) is 10.5. The SMILES string of the molecule is Cn1ncc2c(Nc3ccc(C(F)(F)F)cc3)nc(NCC3(N(Cc4ccccc4)Cc4ccccc4)COC3)nc21. The summed E-state index contributed by atoms with van der Waals surface area (Å²) in [5, 5.41) is 11.5. The van der Waals surface area contributed by atoms with Gasteiger partial charge in [-0.15, -0.1) is 0 Å². The van der Waals surface area contributed by atoms with Gasteiger partial charge in [-0.05, 0) is 35.4 Å². The maximum Gasteiger partial charge on any atom is 0.416 e. The molecular formula is C31H30F3N7O. The zero-order chi connectivity index (χ0) is 29.2. The maximum atomic E-state index is 13.1. The van der Waals surface area contributed by atoms with E-state index in [1.165, 1.54) is 23.3 Å². The molecule has 0 aliphatic carbocycles. The van der Waals surface area contributed by atoms with Crippen LogP contribution in [0.4, 0.5) is 30.6 Å². The Balaban J connectivity index is 1.26. The molecule has 0 atom stereocenters. The first-order valence-corrected chi connectivity index (χ1v) is 13.6. The van der Waals surface area contributed by atoms with Gasteiger partial charge in [0, 0.05) is 32.4 Å². The van der Waals surface area contributed by atoms with Crippen molar-refractivity contribution < 1.29 is 17.9 Å². The van der Waals surface area contributed by atoms with E-state index < -0.39 is 11.7 Å². The highest BCUT2D eigenvalue weighted by Crippen LogP contribution is 2.32. The number of aromatic nitrogens is 4. The highest BCUT2D eigenvalue weighted by molar-refractivity contribution is 5.89. The number of halogens is 3. The average Bonchev–Trinajstić information content (AvgIpc) is 3.34. The quantitative estimate of drug-likeness (QED) is 0.212. The molecule has 3 aromatic carbocycles. The molecule has 0 unspecified atom stereocenters. The number of rotatable bonds is 10. The Hall–Kier alpha value is -4.48. The standard InChI is InChI=1S/C31H30F3N7O/c1-40-28-26(16-36-40)27(37-25-14-12-24(13-15-25)31(32,33)34)38-29(39-28)35-19-30(20-42-21-30)41(17-22-8-4-2-5-9-22)18-23-10-6-3-7-11-23/h2-16H,17-21H2,1H3,(H2,35,37,38,39). The average molecular weight is 574 g/mol. The first-order chi connectivity index (χ1) is 20.3. The summed E-state index contributed by atoms with van der Waals surface area (Å²) in [7, 11) is 1.78. The van der Waals surface area contributed by atoms with Crippen LogP contribution in [0, 0.1) is 0 Å². The van der Waals surface area contributed by atoms with Crippen LogP contribution in [-0.2, 0) is 31.1 Å².